The van der Waals surface area contributed by atoms with Crippen molar-refractivity contribution in [3.63, 3.8) is 0 Å². The number of aryl methyl sites for hydroxylation is 1. The maximum Gasteiger partial charge on any atom is 0.321 e. The van der Waals surface area contributed by atoms with E-state index in [9.17, 15) is 22.8 Å². The molecule has 0 bridgehead atoms. The van der Waals surface area contributed by atoms with Crippen molar-refractivity contribution in [3.8, 4) is 0 Å². The predicted octanol–water partition coefficient (Wildman–Crippen LogP) is 4.88. The number of ketones is 1. The van der Waals surface area contributed by atoms with E-state index in [0.29, 0.717) is 12.8 Å². The number of rotatable bonds is 14. The van der Waals surface area contributed by atoms with Crippen molar-refractivity contribution in [2.75, 3.05) is 13.7 Å². The monoisotopic (exact) mass is 592 g/mol. The third kappa shape index (κ3) is 7.83. The van der Waals surface area contributed by atoms with Gasteiger partial charge in [0.15, 0.2) is 5.78 Å². The average molecular weight is 593 g/mol. The number of Topliss-reactive ketones (excluding diaryl/α,β-unsaturated/α-hetero) is 1. The highest BCUT2D eigenvalue weighted by atomic mass is 32.2. The number of amides is 2. The standard InChI is InChI=1S/C32H36N2O7S/c1-24-17-19-27(20-18-24)42(38,39)41-23-28-31(29(35)15-9-10-16-30(36)40-2)34(22-26-13-7-4-8-14-26)32(37)33(28)21-25-11-5-3-6-12-25/h3-8,11-14,17-20,28,31H,9-10,15-16,21-23H2,1-2H3/t28-,31+/m0/s1. The highest BCUT2D eigenvalue weighted by molar-refractivity contribution is 7.86. The summed E-state index contributed by atoms with van der Waals surface area (Å²) in [6, 6.07) is 22.8. The molecule has 1 aliphatic heterocycles. The Balaban J connectivity index is 1.64. The number of benzene rings is 3. The number of carbonyl (C=O) groups is 3. The average Bonchev–Trinajstić information content (AvgIpc) is 3.25. The van der Waals surface area contributed by atoms with Gasteiger partial charge in [-0.2, -0.15) is 8.42 Å². The second-order valence-electron chi connectivity index (χ2n) is 10.3. The minimum atomic E-state index is -4.16. The van der Waals surface area contributed by atoms with Gasteiger partial charge in [0.05, 0.1) is 24.7 Å². The van der Waals surface area contributed by atoms with Gasteiger partial charge >= 0.3 is 12.0 Å². The molecule has 1 heterocycles. The van der Waals surface area contributed by atoms with Gasteiger partial charge in [-0.15, -0.1) is 0 Å². The van der Waals surface area contributed by atoms with Crippen molar-refractivity contribution in [1.29, 1.82) is 0 Å². The molecule has 0 radical (unpaired) electrons. The van der Waals surface area contributed by atoms with Crippen LogP contribution in [0.5, 0.6) is 0 Å². The summed E-state index contributed by atoms with van der Waals surface area (Å²) in [5.74, 6) is -0.577. The molecular formula is C32H36N2O7S. The maximum absolute atomic E-state index is 14.0. The quantitative estimate of drug-likeness (QED) is 0.149. The lowest BCUT2D eigenvalue weighted by Gasteiger charge is -2.27. The Morgan fingerprint density at radius 2 is 1.33 bits per heavy atom. The highest BCUT2D eigenvalue weighted by Crippen LogP contribution is 2.30. The summed E-state index contributed by atoms with van der Waals surface area (Å²) in [4.78, 5) is 42.4. The van der Waals surface area contributed by atoms with Gasteiger partial charge in [0.2, 0.25) is 0 Å². The molecule has 0 aliphatic carbocycles. The van der Waals surface area contributed by atoms with Crippen LogP contribution in [0.15, 0.2) is 89.8 Å². The summed E-state index contributed by atoms with van der Waals surface area (Å²) in [6.45, 7) is 1.81. The zero-order valence-corrected chi connectivity index (χ0v) is 24.7. The molecule has 3 aromatic rings. The molecule has 42 heavy (non-hydrogen) atoms. The van der Waals surface area contributed by atoms with Gasteiger partial charge < -0.3 is 14.5 Å². The van der Waals surface area contributed by atoms with E-state index < -0.39 is 28.8 Å². The van der Waals surface area contributed by atoms with Crippen LogP contribution < -0.4 is 0 Å². The van der Waals surface area contributed by atoms with E-state index in [2.05, 4.69) is 0 Å². The van der Waals surface area contributed by atoms with E-state index in [4.69, 9.17) is 8.92 Å². The molecule has 0 saturated carbocycles. The van der Waals surface area contributed by atoms with Crippen molar-refractivity contribution in [3.05, 3.63) is 102 Å². The van der Waals surface area contributed by atoms with Crippen LogP contribution >= 0.6 is 0 Å². The van der Waals surface area contributed by atoms with Gasteiger partial charge in [0, 0.05) is 25.9 Å². The topological polar surface area (TPSA) is 110 Å². The molecule has 4 rings (SSSR count). The first-order valence-electron chi connectivity index (χ1n) is 13.9. The van der Waals surface area contributed by atoms with Crippen molar-refractivity contribution in [2.24, 2.45) is 0 Å². The van der Waals surface area contributed by atoms with Crippen LogP contribution in [0, 0.1) is 6.92 Å². The molecule has 1 fully saturated rings. The van der Waals surface area contributed by atoms with Gasteiger partial charge in [0.25, 0.3) is 10.1 Å². The Kier molecular flexibility index (Phi) is 10.5. The number of carbonyl (C=O) groups excluding carboxylic acids is 3. The number of nitrogens with zero attached hydrogens (tertiary/aromatic N) is 2. The lowest BCUT2D eigenvalue weighted by Crippen LogP contribution is -2.46. The van der Waals surface area contributed by atoms with Crippen molar-refractivity contribution < 1.29 is 31.7 Å². The summed E-state index contributed by atoms with van der Waals surface area (Å²) in [6.07, 6.45) is 1.17. The molecule has 9 nitrogen and oxygen atoms in total. The number of methoxy groups -OCH3 is 1. The molecule has 2 amide bonds. The largest absolute Gasteiger partial charge is 0.469 e. The van der Waals surface area contributed by atoms with Crippen LogP contribution in [0.1, 0.15) is 42.4 Å². The second-order valence-corrected chi connectivity index (χ2v) is 11.9. The Morgan fingerprint density at radius 3 is 1.90 bits per heavy atom. The molecule has 0 aromatic heterocycles. The first kappa shape index (κ1) is 30.9. The smallest absolute Gasteiger partial charge is 0.321 e. The minimum Gasteiger partial charge on any atom is -0.469 e. The molecule has 222 valence electrons. The molecule has 1 saturated heterocycles. The van der Waals surface area contributed by atoms with Crippen LogP contribution in [-0.4, -0.2) is 61.8 Å². The van der Waals surface area contributed by atoms with Crippen molar-refractivity contribution in [2.45, 2.75) is 62.7 Å². The third-order valence-corrected chi connectivity index (χ3v) is 8.59. The van der Waals surface area contributed by atoms with Gasteiger partial charge in [-0.25, -0.2) is 4.79 Å². The molecule has 0 N–H and O–H groups in total. The fraction of sp³-hybridized carbons (Fsp3) is 0.344. The van der Waals surface area contributed by atoms with Crippen LogP contribution in [0.3, 0.4) is 0 Å². The molecule has 1 aliphatic rings. The Labute approximate surface area is 247 Å². The van der Waals surface area contributed by atoms with Crippen molar-refractivity contribution >= 4 is 27.9 Å². The number of hydrogen-bond acceptors (Lipinski definition) is 7. The van der Waals surface area contributed by atoms with E-state index in [1.165, 1.54) is 29.0 Å². The van der Waals surface area contributed by atoms with Crippen molar-refractivity contribution in [1.82, 2.24) is 9.80 Å². The summed E-state index contributed by atoms with van der Waals surface area (Å²) >= 11 is 0. The van der Waals surface area contributed by atoms with E-state index >= 15 is 0 Å². The second kappa shape index (κ2) is 14.2. The van der Waals surface area contributed by atoms with Gasteiger partial charge in [-0.1, -0.05) is 78.4 Å². The lowest BCUT2D eigenvalue weighted by atomic mass is 9.98. The molecule has 2 atom stereocenters. The van der Waals surface area contributed by atoms with E-state index in [1.807, 2.05) is 67.6 Å². The minimum absolute atomic E-state index is 0.00105. The maximum atomic E-state index is 14.0. The van der Waals surface area contributed by atoms with Gasteiger partial charge in [-0.05, 0) is 43.0 Å². The third-order valence-electron chi connectivity index (χ3n) is 7.30. The fourth-order valence-electron chi connectivity index (χ4n) is 5.04. The number of hydrogen-bond donors (Lipinski definition) is 0. The van der Waals surface area contributed by atoms with Crippen LogP contribution in [0.4, 0.5) is 4.79 Å². The molecule has 3 aromatic carbocycles. The molecule has 10 heteroatoms. The lowest BCUT2D eigenvalue weighted by molar-refractivity contribution is -0.140. The van der Waals surface area contributed by atoms with Gasteiger partial charge in [0.1, 0.15) is 6.04 Å². The highest BCUT2D eigenvalue weighted by Gasteiger charge is 2.49. The fourth-order valence-corrected chi connectivity index (χ4v) is 5.96. The Bertz CT molecular complexity index is 1460. The summed E-state index contributed by atoms with van der Waals surface area (Å²) < 4.78 is 36.5. The van der Waals surface area contributed by atoms with E-state index in [0.717, 1.165) is 16.7 Å². The Morgan fingerprint density at radius 1 is 0.786 bits per heavy atom. The summed E-state index contributed by atoms with van der Waals surface area (Å²) in [5, 5.41) is 0. The van der Waals surface area contributed by atoms with Crippen LogP contribution in [-0.2, 0) is 41.7 Å². The first-order chi connectivity index (χ1) is 20.2. The van der Waals surface area contributed by atoms with Crippen LogP contribution in [0.2, 0.25) is 0 Å². The summed E-state index contributed by atoms with van der Waals surface area (Å²) in [5.41, 5.74) is 2.57. The number of urea groups is 1. The van der Waals surface area contributed by atoms with E-state index in [1.54, 1.807) is 12.1 Å². The molecule has 0 spiro atoms. The zero-order chi connectivity index (χ0) is 30.1. The predicted molar refractivity (Wildman–Crippen MR) is 157 cm³/mol. The molecular weight excluding hydrogens is 556 g/mol. The normalized spacial score (nSPS) is 17.0. The van der Waals surface area contributed by atoms with Crippen LogP contribution in [0.25, 0.3) is 0 Å². The SMILES string of the molecule is COC(=O)CCCCC(=O)[C@H]1[C@H](COS(=O)(=O)c2ccc(C)cc2)N(Cc2ccccc2)C(=O)N1Cc1ccccc1. The summed E-state index contributed by atoms with van der Waals surface area (Å²) in [7, 11) is -2.84. The number of esters is 1. The number of unbranched alkanes of at least 4 members (excludes halogenated alkanes) is 1. The zero-order valence-electron chi connectivity index (χ0n) is 23.8. The Hall–Kier alpha value is -4.02. The molecule has 0 unspecified atom stereocenters. The van der Waals surface area contributed by atoms with Gasteiger partial charge in [-0.3, -0.25) is 13.8 Å². The number of ether oxygens (including phenoxy) is 1. The van der Waals surface area contributed by atoms with E-state index in [-0.39, 0.29) is 48.6 Å². The first-order valence-corrected chi connectivity index (χ1v) is 15.3.